The summed E-state index contributed by atoms with van der Waals surface area (Å²) >= 11 is 3.22. The summed E-state index contributed by atoms with van der Waals surface area (Å²) in [5.74, 6) is 1.62. The average Bonchev–Trinajstić information content (AvgIpc) is 3.55. The van der Waals surface area contributed by atoms with Crippen LogP contribution < -0.4 is 4.90 Å². The number of aromatic nitrogens is 2. The van der Waals surface area contributed by atoms with Crippen LogP contribution in [0.1, 0.15) is 12.8 Å². The summed E-state index contributed by atoms with van der Waals surface area (Å²) in [5.41, 5.74) is 2.21. The minimum absolute atomic E-state index is 0.125. The van der Waals surface area contributed by atoms with Crippen molar-refractivity contribution in [3.05, 3.63) is 53.2 Å². The fraction of sp³-hybridized carbons (Fsp3) is 0.292. The van der Waals surface area contributed by atoms with Gasteiger partial charge in [0.2, 0.25) is 5.91 Å². The standard InChI is InChI=1S/C24H24N4O2S2/c1-27(13-17(29)14-28-11-5-10-20(28)30)23-21-18(16-7-3-2-4-8-16)15-32-24(21)26-22(25-23)19-9-6-12-31-19/h2-4,6-9,12,15,17,29H,5,10-11,13-14H2,1H3/t17-/m0/s1. The molecule has 6 nitrogen and oxygen atoms in total. The second-order valence-electron chi connectivity index (χ2n) is 8.02. The fourth-order valence-corrected chi connectivity index (χ4v) is 5.76. The van der Waals surface area contributed by atoms with Gasteiger partial charge in [-0.3, -0.25) is 4.79 Å². The van der Waals surface area contributed by atoms with Crippen LogP contribution in [0.25, 0.3) is 32.0 Å². The monoisotopic (exact) mass is 464 g/mol. The van der Waals surface area contributed by atoms with Crippen molar-refractivity contribution in [2.45, 2.75) is 18.9 Å². The molecule has 5 rings (SSSR count). The Hall–Kier alpha value is -2.81. The van der Waals surface area contributed by atoms with Gasteiger partial charge in [-0.25, -0.2) is 9.97 Å². The zero-order valence-electron chi connectivity index (χ0n) is 17.8. The topological polar surface area (TPSA) is 69.6 Å². The van der Waals surface area contributed by atoms with Crippen molar-refractivity contribution in [1.29, 1.82) is 0 Å². The molecule has 0 unspecified atom stereocenters. The third kappa shape index (κ3) is 4.13. The lowest BCUT2D eigenvalue weighted by molar-refractivity contribution is -0.128. The van der Waals surface area contributed by atoms with E-state index in [4.69, 9.17) is 9.97 Å². The number of likely N-dealkylation sites (N-methyl/N-ethyl adjacent to an activating group) is 1. The minimum atomic E-state index is -0.656. The maximum absolute atomic E-state index is 12.0. The summed E-state index contributed by atoms with van der Waals surface area (Å²) in [7, 11) is 1.95. The van der Waals surface area contributed by atoms with E-state index in [0.717, 1.165) is 45.0 Å². The first-order chi connectivity index (χ1) is 15.6. The molecule has 0 radical (unpaired) electrons. The number of anilines is 1. The summed E-state index contributed by atoms with van der Waals surface area (Å²) in [5, 5.41) is 15.9. The highest BCUT2D eigenvalue weighted by Gasteiger charge is 2.25. The molecule has 4 aromatic rings. The molecule has 164 valence electrons. The van der Waals surface area contributed by atoms with Crippen LogP contribution in [0.5, 0.6) is 0 Å². The molecular weight excluding hydrogens is 440 g/mol. The average molecular weight is 465 g/mol. The van der Waals surface area contributed by atoms with Crippen molar-refractivity contribution in [1.82, 2.24) is 14.9 Å². The number of aliphatic hydroxyl groups is 1. The predicted octanol–water partition coefficient (Wildman–Crippen LogP) is 4.51. The molecule has 3 aromatic heterocycles. The number of rotatable bonds is 7. The van der Waals surface area contributed by atoms with Gasteiger partial charge >= 0.3 is 0 Å². The van der Waals surface area contributed by atoms with Crippen molar-refractivity contribution in [2.75, 3.05) is 31.6 Å². The second kappa shape index (κ2) is 8.97. The number of nitrogens with zero attached hydrogens (tertiary/aromatic N) is 4. The number of carbonyl (C=O) groups excluding carboxylic acids is 1. The van der Waals surface area contributed by atoms with Crippen LogP contribution in [-0.2, 0) is 4.79 Å². The Morgan fingerprint density at radius 1 is 1.16 bits per heavy atom. The number of carbonyl (C=O) groups is 1. The van der Waals surface area contributed by atoms with Crippen LogP contribution in [0.4, 0.5) is 5.82 Å². The molecule has 0 bridgehead atoms. The van der Waals surface area contributed by atoms with Gasteiger partial charge in [-0.2, -0.15) is 0 Å². The summed E-state index contributed by atoms with van der Waals surface area (Å²) in [4.78, 5) is 27.4. The third-order valence-electron chi connectivity index (χ3n) is 5.69. The number of aliphatic hydroxyl groups excluding tert-OH is 1. The zero-order valence-corrected chi connectivity index (χ0v) is 19.4. The molecule has 1 aliphatic heterocycles. The first-order valence-electron chi connectivity index (χ1n) is 10.7. The number of amides is 1. The largest absolute Gasteiger partial charge is 0.389 e. The smallest absolute Gasteiger partial charge is 0.222 e. The molecule has 0 spiro atoms. The first kappa shape index (κ1) is 21.1. The minimum Gasteiger partial charge on any atom is -0.389 e. The lowest BCUT2D eigenvalue weighted by atomic mass is 10.1. The highest BCUT2D eigenvalue weighted by Crippen LogP contribution is 2.39. The van der Waals surface area contributed by atoms with Crippen LogP contribution in [-0.4, -0.2) is 58.7 Å². The van der Waals surface area contributed by atoms with E-state index < -0.39 is 6.10 Å². The van der Waals surface area contributed by atoms with Gasteiger partial charge in [-0.05, 0) is 23.4 Å². The van der Waals surface area contributed by atoms with Gasteiger partial charge in [0.15, 0.2) is 5.82 Å². The SMILES string of the molecule is CN(C[C@H](O)CN1CCCC1=O)c1nc(-c2cccs2)nc2scc(-c3ccccc3)c12. The van der Waals surface area contributed by atoms with Gasteiger partial charge in [0, 0.05) is 44.0 Å². The van der Waals surface area contributed by atoms with Crippen LogP contribution >= 0.6 is 22.7 Å². The Bertz CT molecular complexity index is 1220. The summed E-state index contributed by atoms with van der Waals surface area (Å²) in [6.45, 7) is 1.46. The molecule has 1 saturated heterocycles. The van der Waals surface area contributed by atoms with E-state index in [2.05, 4.69) is 17.5 Å². The van der Waals surface area contributed by atoms with Gasteiger partial charge in [-0.15, -0.1) is 22.7 Å². The fourth-order valence-electron chi connectivity index (χ4n) is 4.16. The molecule has 0 aliphatic carbocycles. The van der Waals surface area contributed by atoms with Gasteiger partial charge in [0.05, 0.1) is 16.4 Å². The summed E-state index contributed by atoms with van der Waals surface area (Å²) < 4.78 is 0. The van der Waals surface area contributed by atoms with Crippen molar-refractivity contribution < 1.29 is 9.90 Å². The number of hydrogen-bond acceptors (Lipinski definition) is 7. The second-order valence-corrected chi connectivity index (χ2v) is 9.83. The van der Waals surface area contributed by atoms with E-state index in [9.17, 15) is 9.90 Å². The molecule has 8 heteroatoms. The maximum atomic E-state index is 12.0. The molecule has 1 N–H and O–H groups in total. The highest BCUT2D eigenvalue weighted by atomic mass is 32.1. The van der Waals surface area contributed by atoms with Gasteiger partial charge in [0.1, 0.15) is 10.6 Å². The normalized spacial score (nSPS) is 14.9. The Morgan fingerprint density at radius 2 is 2.00 bits per heavy atom. The molecular formula is C24H24N4O2S2. The quantitative estimate of drug-likeness (QED) is 0.436. The number of fused-ring (bicyclic) bond motifs is 1. The number of likely N-dealkylation sites (tertiary alicyclic amines) is 1. The van der Waals surface area contributed by atoms with Crippen LogP contribution in [0.2, 0.25) is 0 Å². The van der Waals surface area contributed by atoms with Crippen LogP contribution in [0.15, 0.2) is 53.2 Å². The van der Waals surface area contributed by atoms with Crippen molar-refractivity contribution >= 4 is 44.6 Å². The summed E-state index contributed by atoms with van der Waals surface area (Å²) in [6.07, 6.45) is 0.790. The van der Waals surface area contributed by atoms with Crippen molar-refractivity contribution in [3.63, 3.8) is 0 Å². The van der Waals surface area contributed by atoms with E-state index >= 15 is 0 Å². The van der Waals surface area contributed by atoms with E-state index in [1.54, 1.807) is 27.6 Å². The molecule has 1 atom stereocenters. The lowest BCUT2D eigenvalue weighted by Crippen LogP contribution is -2.39. The molecule has 32 heavy (non-hydrogen) atoms. The maximum Gasteiger partial charge on any atom is 0.222 e. The van der Waals surface area contributed by atoms with Crippen molar-refractivity contribution in [2.24, 2.45) is 0 Å². The zero-order chi connectivity index (χ0) is 22.1. The number of benzene rings is 1. The van der Waals surface area contributed by atoms with E-state index in [1.807, 2.05) is 47.7 Å². The van der Waals surface area contributed by atoms with Gasteiger partial charge in [-0.1, -0.05) is 36.4 Å². The predicted molar refractivity (Wildman–Crippen MR) is 131 cm³/mol. The van der Waals surface area contributed by atoms with Gasteiger partial charge < -0.3 is 14.9 Å². The lowest BCUT2D eigenvalue weighted by Gasteiger charge is -2.26. The van der Waals surface area contributed by atoms with Crippen molar-refractivity contribution in [3.8, 4) is 21.8 Å². The Kier molecular flexibility index (Phi) is 5.91. The van der Waals surface area contributed by atoms with Gasteiger partial charge in [0.25, 0.3) is 0 Å². The van der Waals surface area contributed by atoms with E-state index in [-0.39, 0.29) is 5.91 Å². The molecule has 1 amide bonds. The summed E-state index contributed by atoms with van der Waals surface area (Å²) in [6, 6.07) is 14.3. The molecule has 0 saturated carbocycles. The van der Waals surface area contributed by atoms with Crippen LogP contribution in [0, 0.1) is 0 Å². The molecule has 1 fully saturated rings. The molecule has 4 heterocycles. The molecule has 1 aliphatic rings. The Balaban J connectivity index is 1.53. The van der Waals surface area contributed by atoms with E-state index in [0.29, 0.717) is 25.3 Å². The first-order valence-corrected chi connectivity index (χ1v) is 12.4. The van der Waals surface area contributed by atoms with E-state index in [1.165, 1.54) is 0 Å². The Morgan fingerprint density at radius 3 is 2.72 bits per heavy atom. The van der Waals surface area contributed by atoms with Crippen LogP contribution in [0.3, 0.4) is 0 Å². The number of β-amino-alcohol motifs (C(OH)–C–C–N with tert-alkyl or cyclic N) is 1. The number of thiophene rings is 2. The number of hydrogen-bond donors (Lipinski definition) is 1. The highest BCUT2D eigenvalue weighted by molar-refractivity contribution is 7.17. The molecule has 1 aromatic carbocycles. The third-order valence-corrected chi connectivity index (χ3v) is 7.43. The Labute approximate surface area is 194 Å².